The Kier molecular flexibility index (Phi) is 7.41. The van der Waals surface area contributed by atoms with E-state index in [9.17, 15) is 9.59 Å². The van der Waals surface area contributed by atoms with E-state index in [0.717, 1.165) is 0 Å². The highest BCUT2D eigenvalue weighted by molar-refractivity contribution is 5.96. The minimum atomic E-state index is -0.469. The first-order valence-corrected chi connectivity index (χ1v) is 8.43. The molecule has 0 aromatic heterocycles. The summed E-state index contributed by atoms with van der Waals surface area (Å²) in [6, 6.07) is 7.89. The molecule has 2 aromatic carbocycles. The standard InChI is InChI=1S/C20H22N2O7/c1-12(23)29-15-7-6-13(8-16(15)25-2)11-21-22-20(24)14-9-17(26-3)19(28-5)18(10-14)27-4/h6-11H,1-5H3,(H,22,24). The van der Waals surface area contributed by atoms with Gasteiger partial charge in [0.2, 0.25) is 5.75 Å². The molecule has 0 radical (unpaired) electrons. The second-order valence-corrected chi connectivity index (χ2v) is 5.62. The Morgan fingerprint density at radius 1 is 0.862 bits per heavy atom. The number of carbonyl (C=O) groups excluding carboxylic acids is 2. The average Bonchev–Trinajstić information content (AvgIpc) is 2.72. The third-order valence-corrected chi connectivity index (χ3v) is 3.75. The molecule has 0 heterocycles. The lowest BCUT2D eigenvalue weighted by atomic mass is 10.1. The van der Waals surface area contributed by atoms with Gasteiger partial charge < -0.3 is 23.7 Å². The normalized spacial score (nSPS) is 10.4. The van der Waals surface area contributed by atoms with E-state index < -0.39 is 11.9 Å². The maximum absolute atomic E-state index is 12.4. The fourth-order valence-corrected chi connectivity index (χ4v) is 2.45. The van der Waals surface area contributed by atoms with Crippen molar-refractivity contribution in [2.75, 3.05) is 28.4 Å². The topological polar surface area (TPSA) is 105 Å². The molecule has 9 heteroatoms. The summed E-state index contributed by atoms with van der Waals surface area (Å²) in [4.78, 5) is 23.5. The molecule has 0 saturated heterocycles. The van der Waals surface area contributed by atoms with E-state index in [1.165, 1.54) is 53.7 Å². The Bertz CT molecular complexity index is 900. The van der Waals surface area contributed by atoms with Gasteiger partial charge in [0, 0.05) is 12.5 Å². The quantitative estimate of drug-likeness (QED) is 0.313. The van der Waals surface area contributed by atoms with Gasteiger partial charge in [-0.25, -0.2) is 5.43 Å². The number of hydrazone groups is 1. The molecule has 29 heavy (non-hydrogen) atoms. The highest BCUT2D eigenvalue weighted by Gasteiger charge is 2.16. The van der Waals surface area contributed by atoms with Crippen LogP contribution in [0.15, 0.2) is 35.4 Å². The Balaban J connectivity index is 2.16. The van der Waals surface area contributed by atoms with Crippen molar-refractivity contribution in [3.05, 3.63) is 41.5 Å². The number of ether oxygens (including phenoxy) is 5. The number of hydrogen-bond acceptors (Lipinski definition) is 8. The molecule has 0 fully saturated rings. The van der Waals surface area contributed by atoms with Gasteiger partial charge in [0.1, 0.15) is 0 Å². The number of amides is 1. The van der Waals surface area contributed by atoms with Crippen LogP contribution in [-0.2, 0) is 4.79 Å². The van der Waals surface area contributed by atoms with Gasteiger partial charge in [-0.2, -0.15) is 5.10 Å². The van der Waals surface area contributed by atoms with Crippen molar-refractivity contribution in [3.63, 3.8) is 0 Å². The van der Waals surface area contributed by atoms with E-state index in [2.05, 4.69) is 10.5 Å². The molecule has 2 aromatic rings. The van der Waals surface area contributed by atoms with E-state index in [4.69, 9.17) is 23.7 Å². The van der Waals surface area contributed by atoms with Crippen molar-refractivity contribution in [1.29, 1.82) is 0 Å². The molecule has 1 N–H and O–H groups in total. The van der Waals surface area contributed by atoms with Gasteiger partial charge in [0.05, 0.1) is 34.7 Å². The molecule has 0 spiro atoms. The second kappa shape index (κ2) is 9.98. The van der Waals surface area contributed by atoms with Gasteiger partial charge in [-0.1, -0.05) is 0 Å². The van der Waals surface area contributed by atoms with E-state index in [0.29, 0.717) is 34.3 Å². The van der Waals surface area contributed by atoms with Gasteiger partial charge in [-0.15, -0.1) is 0 Å². The molecule has 0 aliphatic rings. The second-order valence-electron chi connectivity index (χ2n) is 5.62. The zero-order valence-electron chi connectivity index (χ0n) is 16.8. The Labute approximate surface area is 168 Å². The van der Waals surface area contributed by atoms with Crippen LogP contribution in [0.3, 0.4) is 0 Å². The van der Waals surface area contributed by atoms with Gasteiger partial charge >= 0.3 is 5.97 Å². The van der Waals surface area contributed by atoms with Crippen molar-refractivity contribution in [2.24, 2.45) is 5.10 Å². The molecule has 9 nitrogen and oxygen atoms in total. The van der Waals surface area contributed by atoms with Crippen molar-refractivity contribution in [2.45, 2.75) is 6.92 Å². The number of benzene rings is 2. The number of nitrogens with zero attached hydrogens (tertiary/aromatic N) is 1. The minimum absolute atomic E-state index is 0.277. The summed E-state index contributed by atoms with van der Waals surface area (Å²) in [5.41, 5.74) is 3.33. The first-order valence-electron chi connectivity index (χ1n) is 8.43. The maximum Gasteiger partial charge on any atom is 0.308 e. The lowest BCUT2D eigenvalue weighted by Crippen LogP contribution is -2.18. The summed E-state index contributed by atoms with van der Waals surface area (Å²) in [6.07, 6.45) is 1.43. The monoisotopic (exact) mass is 402 g/mol. The van der Waals surface area contributed by atoms with E-state index in [1.807, 2.05) is 0 Å². The molecule has 0 aliphatic carbocycles. The predicted molar refractivity (Wildman–Crippen MR) is 105 cm³/mol. The molecule has 0 aliphatic heterocycles. The zero-order valence-corrected chi connectivity index (χ0v) is 16.8. The van der Waals surface area contributed by atoms with E-state index >= 15 is 0 Å². The molecule has 1 amide bonds. The van der Waals surface area contributed by atoms with Gasteiger partial charge in [-0.05, 0) is 35.9 Å². The predicted octanol–water partition coefficient (Wildman–Crippen LogP) is 2.41. The number of hydrogen-bond donors (Lipinski definition) is 1. The SMILES string of the molecule is COc1cc(C=NNC(=O)c2cc(OC)c(OC)c(OC)c2)ccc1OC(C)=O. The Hall–Kier alpha value is -3.75. The molecule has 154 valence electrons. The van der Waals surface area contributed by atoms with Crippen molar-refractivity contribution >= 4 is 18.1 Å². The van der Waals surface area contributed by atoms with Crippen LogP contribution in [0.2, 0.25) is 0 Å². The Morgan fingerprint density at radius 2 is 1.48 bits per heavy atom. The van der Waals surface area contributed by atoms with E-state index in [1.54, 1.807) is 18.2 Å². The van der Waals surface area contributed by atoms with Crippen LogP contribution in [0.25, 0.3) is 0 Å². The summed E-state index contributed by atoms with van der Waals surface area (Å²) in [7, 11) is 5.86. The Morgan fingerprint density at radius 3 is 2.00 bits per heavy atom. The minimum Gasteiger partial charge on any atom is -0.493 e. The van der Waals surface area contributed by atoms with Crippen molar-refractivity contribution in [1.82, 2.24) is 5.43 Å². The molecule has 0 saturated carbocycles. The summed E-state index contributed by atoms with van der Waals surface area (Å²) in [5, 5.41) is 3.94. The van der Waals surface area contributed by atoms with Crippen LogP contribution >= 0.6 is 0 Å². The van der Waals surface area contributed by atoms with Crippen LogP contribution in [0.5, 0.6) is 28.7 Å². The van der Waals surface area contributed by atoms with Crippen LogP contribution in [0.1, 0.15) is 22.8 Å². The zero-order chi connectivity index (χ0) is 21.4. The van der Waals surface area contributed by atoms with Gasteiger partial charge in [0.25, 0.3) is 5.91 Å². The summed E-state index contributed by atoms with van der Waals surface area (Å²) in [6.45, 7) is 1.30. The summed E-state index contributed by atoms with van der Waals surface area (Å²) < 4.78 is 25.9. The van der Waals surface area contributed by atoms with Crippen LogP contribution < -0.4 is 29.1 Å². The molecule has 0 unspecified atom stereocenters. The lowest BCUT2D eigenvalue weighted by molar-refractivity contribution is -0.132. The highest BCUT2D eigenvalue weighted by Crippen LogP contribution is 2.38. The molecular formula is C20H22N2O7. The third-order valence-electron chi connectivity index (χ3n) is 3.75. The van der Waals surface area contributed by atoms with Crippen LogP contribution in [0.4, 0.5) is 0 Å². The number of methoxy groups -OCH3 is 4. The lowest BCUT2D eigenvalue weighted by Gasteiger charge is -2.13. The van der Waals surface area contributed by atoms with Crippen molar-refractivity contribution in [3.8, 4) is 28.7 Å². The number of carbonyl (C=O) groups is 2. The fourth-order valence-electron chi connectivity index (χ4n) is 2.45. The van der Waals surface area contributed by atoms with Crippen molar-refractivity contribution < 1.29 is 33.3 Å². The summed E-state index contributed by atoms with van der Waals surface area (Å²) >= 11 is 0. The summed E-state index contributed by atoms with van der Waals surface area (Å²) in [5.74, 6) is 0.818. The fraction of sp³-hybridized carbons (Fsp3) is 0.250. The number of esters is 1. The molecule has 0 atom stereocenters. The molecule has 2 rings (SSSR count). The smallest absolute Gasteiger partial charge is 0.308 e. The number of nitrogens with one attached hydrogen (secondary N) is 1. The van der Waals surface area contributed by atoms with Crippen LogP contribution in [0, 0.1) is 0 Å². The number of rotatable bonds is 8. The third kappa shape index (κ3) is 5.38. The average molecular weight is 402 g/mol. The highest BCUT2D eigenvalue weighted by atomic mass is 16.6. The molecule has 0 bridgehead atoms. The maximum atomic E-state index is 12.4. The first kappa shape index (κ1) is 21.5. The molecular weight excluding hydrogens is 380 g/mol. The largest absolute Gasteiger partial charge is 0.493 e. The van der Waals surface area contributed by atoms with Gasteiger partial charge in [0.15, 0.2) is 23.0 Å². The first-order chi connectivity index (χ1) is 13.9. The van der Waals surface area contributed by atoms with Gasteiger partial charge in [-0.3, -0.25) is 9.59 Å². The van der Waals surface area contributed by atoms with E-state index in [-0.39, 0.29) is 5.56 Å². The van der Waals surface area contributed by atoms with Crippen LogP contribution in [-0.4, -0.2) is 46.5 Å².